The van der Waals surface area contributed by atoms with Crippen LogP contribution in [0.3, 0.4) is 0 Å². The summed E-state index contributed by atoms with van der Waals surface area (Å²) in [5.41, 5.74) is 0.404. The Morgan fingerprint density at radius 2 is 2.00 bits per heavy atom. The van der Waals surface area contributed by atoms with E-state index >= 15 is 0 Å². The molecule has 2 saturated heterocycles. The van der Waals surface area contributed by atoms with Crippen LogP contribution in [0.15, 0.2) is 22.7 Å². The highest BCUT2D eigenvalue weighted by atomic mass is 19.3. The number of benzene rings is 1. The Kier molecular flexibility index (Phi) is 9.07. The SMILES string of the molecule is CN1CC(F)(F)C1.COCc1noc(N2CCC(C3CC3CCOc3ccc(CC=O)c(F)c3)CC2)n1. The second-order valence-electron chi connectivity index (χ2n) is 10.2. The van der Waals surface area contributed by atoms with Gasteiger partial charge in [0.1, 0.15) is 24.5 Å². The second-order valence-corrected chi connectivity index (χ2v) is 10.2. The van der Waals surface area contributed by atoms with Gasteiger partial charge < -0.3 is 23.7 Å². The Labute approximate surface area is 215 Å². The van der Waals surface area contributed by atoms with Crippen LogP contribution in [0.5, 0.6) is 5.75 Å². The van der Waals surface area contributed by atoms with E-state index in [1.807, 2.05) is 0 Å². The van der Waals surface area contributed by atoms with Gasteiger partial charge in [0.25, 0.3) is 5.92 Å². The van der Waals surface area contributed by atoms with Crippen LogP contribution >= 0.6 is 0 Å². The number of halogens is 3. The second kappa shape index (κ2) is 12.3. The third-order valence-corrected chi connectivity index (χ3v) is 7.21. The van der Waals surface area contributed by atoms with Crippen molar-refractivity contribution in [1.29, 1.82) is 0 Å². The lowest BCUT2D eigenvalue weighted by atomic mass is 9.90. The van der Waals surface area contributed by atoms with Crippen molar-refractivity contribution in [3.63, 3.8) is 0 Å². The van der Waals surface area contributed by atoms with Crippen LogP contribution in [-0.2, 0) is 22.6 Å². The molecule has 3 aliphatic rings. The summed E-state index contributed by atoms with van der Waals surface area (Å²) < 4.78 is 53.5. The quantitative estimate of drug-likeness (QED) is 0.432. The van der Waals surface area contributed by atoms with Crippen molar-refractivity contribution < 1.29 is 32.0 Å². The van der Waals surface area contributed by atoms with Gasteiger partial charge in [0.05, 0.1) is 19.7 Å². The summed E-state index contributed by atoms with van der Waals surface area (Å²) in [6.45, 7) is 2.70. The molecule has 0 bridgehead atoms. The number of carbonyl (C=O) groups is 1. The van der Waals surface area contributed by atoms with Crippen LogP contribution in [0.4, 0.5) is 19.2 Å². The third-order valence-electron chi connectivity index (χ3n) is 7.21. The number of piperidine rings is 1. The number of hydrogen-bond donors (Lipinski definition) is 0. The molecule has 0 spiro atoms. The van der Waals surface area contributed by atoms with Gasteiger partial charge in [0.15, 0.2) is 5.82 Å². The van der Waals surface area contributed by atoms with Gasteiger partial charge in [0.2, 0.25) is 0 Å². The number of methoxy groups -OCH3 is 1. The smallest absolute Gasteiger partial charge is 0.324 e. The number of anilines is 1. The van der Waals surface area contributed by atoms with Gasteiger partial charge in [-0.05, 0) is 62.1 Å². The third kappa shape index (κ3) is 7.67. The number of carbonyl (C=O) groups excluding carboxylic acids is 1. The van der Waals surface area contributed by atoms with Crippen LogP contribution in [0, 0.1) is 23.6 Å². The van der Waals surface area contributed by atoms with E-state index in [4.69, 9.17) is 14.0 Å². The fourth-order valence-corrected chi connectivity index (χ4v) is 5.20. The summed E-state index contributed by atoms with van der Waals surface area (Å²) in [5, 5.41) is 3.93. The van der Waals surface area contributed by atoms with Crippen molar-refractivity contribution in [2.24, 2.45) is 17.8 Å². The maximum atomic E-state index is 13.9. The molecule has 37 heavy (non-hydrogen) atoms. The average Bonchev–Trinajstić information content (AvgIpc) is 3.47. The van der Waals surface area contributed by atoms with E-state index in [0.29, 0.717) is 48.6 Å². The van der Waals surface area contributed by atoms with E-state index in [2.05, 4.69) is 15.0 Å². The molecule has 2 atom stereocenters. The van der Waals surface area contributed by atoms with Gasteiger partial charge in [0, 0.05) is 32.7 Å². The van der Waals surface area contributed by atoms with E-state index in [0.717, 1.165) is 44.2 Å². The van der Waals surface area contributed by atoms with Crippen LogP contribution < -0.4 is 9.64 Å². The predicted molar refractivity (Wildman–Crippen MR) is 130 cm³/mol. The number of hydrogen-bond acceptors (Lipinski definition) is 8. The van der Waals surface area contributed by atoms with Crippen molar-refractivity contribution in [3.8, 4) is 5.75 Å². The minimum Gasteiger partial charge on any atom is -0.493 e. The molecule has 2 unspecified atom stereocenters. The van der Waals surface area contributed by atoms with E-state index in [1.165, 1.54) is 12.5 Å². The number of nitrogens with zero attached hydrogens (tertiary/aromatic N) is 4. The average molecular weight is 525 g/mol. The molecular weight excluding hydrogens is 489 g/mol. The van der Waals surface area contributed by atoms with Crippen molar-refractivity contribution in [3.05, 3.63) is 35.4 Å². The maximum absolute atomic E-state index is 13.9. The molecule has 1 aliphatic carbocycles. The van der Waals surface area contributed by atoms with Crippen LogP contribution in [0.1, 0.15) is 37.1 Å². The van der Waals surface area contributed by atoms with Crippen LogP contribution in [0.2, 0.25) is 0 Å². The van der Waals surface area contributed by atoms with Gasteiger partial charge >= 0.3 is 6.01 Å². The number of aldehydes is 1. The van der Waals surface area contributed by atoms with E-state index < -0.39 is 5.92 Å². The monoisotopic (exact) mass is 524 g/mol. The lowest BCUT2D eigenvalue weighted by Crippen LogP contribution is -2.53. The van der Waals surface area contributed by atoms with Crippen molar-refractivity contribution in [2.45, 2.75) is 44.6 Å². The van der Waals surface area contributed by atoms with Gasteiger partial charge in [-0.15, -0.1) is 0 Å². The molecule has 2 aromatic rings. The number of likely N-dealkylation sites (tertiary alicyclic amines) is 1. The summed E-state index contributed by atoms with van der Waals surface area (Å²) in [6.07, 6.45) is 5.31. The van der Waals surface area contributed by atoms with Gasteiger partial charge in [-0.3, -0.25) is 4.90 Å². The molecule has 0 amide bonds. The minimum atomic E-state index is -2.38. The summed E-state index contributed by atoms with van der Waals surface area (Å²) in [5.74, 6) is 0.523. The first kappa shape index (κ1) is 27.4. The molecule has 11 heteroatoms. The zero-order valence-corrected chi connectivity index (χ0v) is 21.4. The van der Waals surface area contributed by atoms with E-state index in [9.17, 15) is 18.0 Å². The summed E-state index contributed by atoms with van der Waals surface area (Å²) >= 11 is 0. The molecule has 0 radical (unpaired) electrons. The Morgan fingerprint density at radius 3 is 2.59 bits per heavy atom. The van der Waals surface area contributed by atoms with E-state index in [-0.39, 0.29) is 25.3 Å². The van der Waals surface area contributed by atoms with Gasteiger partial charge in [-0.2, -0.15) is 4.98 Å². The Morgan fingerprint density at radius 1 is 1.24 bits per heavy atom. The summed E-state index contributed by atoms with van der Waals surface area (Å²) in [6, 6.07) is 5.31. The Bertz CT molecular complexity index is 1020. The molecule has 3 fully saturated rings. The standard InChI is InChI=1S/C22H28FN3O4.C4H7F2N/c1-28-14-21-24-22(30-25-21)26-8-4-15(5-9-26)19-12-17(19)7-11-29-18-3-2-16(6-10-27)20(23)13-18;1-7-2-4(5,6)3-7/h2-3,10,13,15,17,19H,4-9,11-12,14H2,1H3;2-3H2,1H3. The zero-order chi connectivity index (χ0) is 26.4. The largest absolute Gasteiger partial charge is 0.493 e. The lowest BCUT2D eigenvalue weighted by Gasteiger charge is -2.35. The molecule has 3 heterocycles. The molecule has 5 rings (SSSR count). The zero-order valence-electron chi connectivity index (χ0n) is 21.4. The minimum absolute atomic E-state index is 0.0625. The van der Waals surface area contributed by atoms with Crippen LogP contribution in [0.25, 0.3) is 0 Å². The molecule has 8 nitrogen and oxygen atoms in total. The maximum Gasteiger partial charge on any atom is 0.324 e. The highest BCUT2D eigenvalue weighted by Crippen LogP contribution is 2.50. The highest BCUT2D eigenvalue weighted by molar-refractivity contribution is 5.55. The number of aromatic nitrogens is 2. The first-order chi connectivity index (χ1) is 17.8. The molecule has 1 aromatic carbocycles. The van der Waals surface area contributed by atoms with E-state index in [1.54, 1.807) is 31.2 Å². The Hall–Kier alpha value is -2.66. The number of alkyl halides is 2. The molecule has 0 N–H and O–H groups in total. The molecule has 1 saturated carbocycles. The first-order valence-corrected chi connectivity index (χ1v) is 12.8. The number of ether oxygens (including phenoxy) is 2. The van der Waals surface area contributed by atoms with Gasteiger partial charge in [-0.25, -0.2) is 13.2 Å². The molecule has 2 aliphatic heterocycles. The predicted octanol–water partition coefficient (Wildman–Crippen LogP) is 3.99. The number of rotatable bonds is 10. The first-order valence-electron chi connectivity index (χ1n) is 12.8. The van der Waals surface area contributed by atoms with Crippen molar-refractivity contribution in [1.82, 2.24) is 15.0 Å². The van der Waals surface area contributed by atoms with Crippen molar-refractivity contribution >= 4 is 12.3 Å². The topological polar surface area (TPSA) is 80.9 Å². The summed E-state index contributed by atoms with van der Waals surface area (Å²) in [7, 11) is 3.29. The molecule has 1 aromatic heterocycles. The van der Waals surface area contributed by atoms with Gasteiger partial charge in [-0.1, -0.05) is 11.2 Å². The van der Waals surface area contributed by atoms with Crippen LogP contribution in [-0.4, -0.2) is 74.2 Å². The van der Waals surface area contributed by atoms with Crippen molar-refractivity contribution in [2.75, 3.05) is 51.8 Å². The normalized spacial score (nSPS) is 23.1. The lowest BCUT2D eigenvalue weighted by molar-refractivity contribution is -0.119. The summed E-state index contributed by atoms with van der Waals surface area (Å²) in [4.78, 5) is 18.6. The fourth-order valence-electron chi connectivity index (χ4n) is 5.20. The highest BCUT2D eigenvalue weighted by Gasteiger charge is 2.43. The Balaban J connectivity index is 0.000000396. The molecular formula is C26H35F3N4O4. The molecule has 204 valence electrons. The fraction of sp³-hybridized carbons (Fsp3) is 0.654.